The third kappa shape index (κ3) is 6.03. The van der Waals surface area contributed by atoms with Crippen LogP contribution in [0.3, 0.4) is 0 Å². The number of hydrogen-bond acceptors (Lipinski definition) is 7. The van der Waals surface area contributed by atoms with Gasteiger partial charge in [-0.05, 0) is 30.9 Å². The Labute approximate surface area is 155 Å². The van der Waals surface area contributed by atoms with E-state index in [1.807, 2.05) is 12.1 Å². The van der Waals surface area contributed by atoms with Gasteiger partial charge in [0.15, 0.2) is 0 Å². The second-order valence-electron chi connectivity index (χ2n) is 5.50. The standard InChI is InChI=1S/C17H21ClN4O4/c1-25-13(23)7-3-2-4-9-26-17-15(14(18)16(24)21-22-17)20-11-12-6-5-8-19-10-12/h5-6,8,10H,2-4,7,9,11H2,1H3,(H2,20,21,24). The molecule has 0 aliphatic carbocycles. The molecule has 0 bridgehead atoms. The zero-order valence-electron chi connectivity index (χ0n) is 14.5. The molecule has 2 aromatic rings. The van der Waals surface area contributed by atoms with E-state index in [1.54, 1.807) is 12.4 Å². The molecule has 0 amide bonds. The summed E-state index contributed by atoms with van der Waals surface area (Å²) in [6.45, 7) is 0.812. The summed E-state index contributed by atoms with van der Waals surface area (Å²) in [7, 11) is 1.37. The van der Waals surface area contributed by atoms with Gasteiger partial charge in [-0.3, -0.25) is 14.6 Å². The van der Waals surface area contributed by atoms with E-state index in [0.29, 0.717) is 25.3 Å². The minimum Gasteiger partial charge on any atom is -0.475 e. The molecule has 2 rings (SSSR count). The Bertz CT molecular complexity index is 767. The van der Waals surface area contributed by atoms with Crippen molar-refractivity contribution in [3.05, 3.63) is 45.5 Å². The molecule has 2 aromatic heterocycles. The molecule has 0 radical (unpaired) electrons. The fraction of sp³-hybridized carbons (Fsp3) is 0.412. The summed E-state index contributed by atoms with van der Waals surface area (Å²) in [6, 6.07) is 3.72. The van der Waals surface area contributed by atoms with E-state index in [4.69, 9.17) is 16.3 Å². The average molecular weight is 381 g/mol. The topological polar surface area (TPSA) is 106 Å². The van der Waals surface area contributed by atoms with Crippen LogP contribution >= 0.6 is 11.6 Å². The summed E-state index contributed by atoms with van der Waals surface area (Å²) in [5.74, 6) is 0.00773. The first kappa shape index (κ1) is 19.7. The summed E-state index contributed by atoms with van der Waals surface area (Å²) in [4.78, 5) is 26.8. The van der Waals surface area contributed by atoms with Gasteiger partial charge < -0.3 is 14.8 Å². The fourth-order valence-corrected chi connectivity index (χ4v) is 2.37. The van der Waals surface area contributed by atoms with Gasteiger partial charge in [0, 0.05) is 25.4 Å². The number of rotatable bonds is 10. The number of halogens is 1. The molecule has 0 fully saturated rings. The van der Waals surface area contributed by atoms with E-state index in [2.05, 4.69) is 25.2 Å². The quantitative estimate of drug-likeness (QED) is 0.481. The maximum absolute atomic E-state index is 11.7. The first-order valence-electron chi connectivity index (χ1n) is 8.22. The Balaban J connectivity index is 1.90. The molecular formula is C17H21ClN4O4. The van der Waals surface area contributed by atoms with Crippen LogP contribution in [0.2, 0.25) is 5.02 Å². The number of anilines is 1. The maximum Gasteiger partial charge on any atom is 0.305 e. The molecule has 0 spiro atoms. The second kappa shape index (κ2) is 10.4. The van der Waals surface area contributed by atoms with E-state index in [9.17, 15) is 9.59 Å². The van der Waals surface area contributed by atoms with Crippen molar-refractivity contribution in [1.82, 2.24) is 15.2 Å². The zero-order chi connectivity index (χ0) is 18.8. The van der Waals surface area contributed by atoms with Crippen molar-refractivity contribution in [3.8, 4) is 5.88 Å². The molecule has 0 aromatic carbocycles. The van der Waals surface area contributed by atoms with E-state index in [-0.39, 0.29) is 16.9 Å². The highest BCUT2D eigenvalue weighted by molar-refractivity contribution is 6.33. The van der Waals surface area contributed by atoms with E-state index in [1.165, 1.54) is 7.11 Å². The molecule has 2 N–H and O–H groups in total. The molecule has 8 nitrogen and oxygen atoms in total. The van der Waals surface area contributed by atoms with Gasteiger partial charge in [0.05, 0.1) is 13.7 Å². The summed E-state index contributed by atoms with van der Waals surface area (Å²) in [5, 5.41) is 9.28. The normalized spacial score (nSPS) is 10.4. The fourth-order valence-electron chi connectivity index (χ4n) is 2.18. The lowest BCUT2D eigenvalue weighted by Crippen LogP contribution is -2.15. The van der Waals surface area contributed by atoms with Gasteiger partial charge in [0.1, 0.15) is 10.7 Å². The lowest BCUT2D eigenvalue weighted by molar-refractivity contribution is -0.140. The largest absolute Gasteiger partial charge is 0.475 e. The number of aromatic amines is 1. The molecule has 0 saturated heterocycles. The molecule has 9 heteroatoms. The van der Waals surface area contributed by atoms with Gasteiger partial charge in [-0.2, -0.15) is 0 Å². The number of aromatic nitrogens is 3. The highest BCUT2D eigenvalue weighted by atomic mass is 35.5. The lowest BCUT2D eigenvalue weighted by Gasteiger charge is -2.13. The molecule has 0 aliphatic heterocycles. The van der Waals surface area contributed by atoms with Crippen LogP contribution in [0.5, 0.6) is 5.88 Å². The third-order valence-corrected chi connectivity index (χ3v) is 3.94. The molecule has 0 atom stereocenters. The minimum absolute atomic E-state index is 0.00965. The Morgan fingerprint density at radius 2 is 2.19 bits per heavy atom. The van der Waals surface area contributed by atoms with Crippen LogP contribution in [-0.4, -0.2) is 34.9 Å². The summed E-state index contributed by atoms with van der Waals surface area (Å²) in [6.07, 6.45) is 6.05. The van der Waals surface area contributed by atoms with Crippen molar-refractivity contribution in [2.45, 2.75) is 32.2 Å². The number of nitrogens with zero attached hydrogens (tertiary/aromatic N) is 2. The van der Waals surface area contributed by atoms with Crippen LogP contribution in [0.15, 0.2) is 29.3 Å². The van der Waals surface area contributed by atoms with Crippen LogP contribution in [-0.2, 0) is 16.1 Å². The van der Waals surface area contributed by atoms with Crippen molar-refractivity contribution in [2.24, 2.45) is 0 Å². The zero-order valence-corrected chi connectivity index (χ0v) is 15.2. The van der Waals surface area contributed by atoms with Crippen LogP contribution in [0.1, 0.15) is 31.2 Å². The van der Waals surface area contributed by atoms with Crippen molar-refractivity contribution in [1.29, 1.82) is 0 Å². The highest BCUT2D eigenvalue weighted by Crippen LogP contribution is 2.27. The molecule has 140 valence electrons. The van der Waals surface area contributed by atoms with Gasteiger partial charge in [-0.25, -0.2) is 5.10 Å². The van der Waals surface area contributed by atoms with Gasteiger partial charge in [-0.1, -0.05) is 17.7 Å². The molecule has 0 saturated carbocycles. The van der Waals surface area contributed by atoms with Crippen molar-refractivity contribution in [2.75, 3.05) is 19.0 Å². The average Bonchev–Trinajstić information content (AvgIpc) is 2.67. The van der Waals surface area contributed by atoms with Crippen LogP contribution in [0, 0.1) is 0 Å². The Kier molecular flexibility index (Phi) is 7.88. The van der Waals surface area contributed by atoms with Crippen LogP contribution in [0.25, 0.3) is 0 Å². The number of carbonyl (C=O) groups is 1. The number of H-pyrrole nitrogens is 1. The summed E-state index contributed by atoms with van der Waals surface area (Å²) >= 11 is 6.08. The van der Waals surface area contributed by atoms with Crippen LogP contribution in [0.4, 0.5) is 5.69 Å². The van der Waals surface area contributed by atoms with Crippen molar-refractivity contribution in [3.63, 3.8) is 0 Å². The lowest BCUT2D eigenvalue weighted by atomic mass is 10.2. The molecular weight excluding hydrogens is 360 g/mol. The Morgan fingerprint density at radius 1 is 1.35 bits per heavy atom. The number of hydrogen-bond donors (Lipinski definition) is 2. The number of esters is 1. The first-order chi connectivity index (χ1) is 12.6. The van der Waals surface area contributed by atoms with Gasteiger partial charge in [0.25, 0.3) is 11.4 Å². The SMILES string of the molecule is COC(=O)CCCCCOc1n[nH]c(=O)c(Cl)c1NCc1cccnc1. The second-order valence-corrected chi connectivity index (χ2v) is 5.87. The third-order valence-electron chi connectivity index (χ3n) is 3.58. The van der Waals surface area contributed by atoms with Crippen LogP contribution < -0.4 is 15.6 Å². The number of carbonyl (C=O) groups excluding carboxylic acids is 1. The number of ether oxygens (including phenoxy) is 2. The molecule has 0 unspecified atom stereocenters. The number of unbranched alkanes of at least 4 members (excludes halogenated alkanes) is 2. The summed E-state index contributed by atoms with van der Waals surface area (Å²) in [5.41, 5.74) is 0.775. The van der Waals surface area contributed by atoms with Gasteiger partial charge in [0.2, 0.25) is 0 Å². The maximum atomic E-state index is 11.7. The van der Waals surface area contributed by atoms with E-state index >= 15 is 0 Å². The highest BCUT2D eigenvalue weighted by Gasteiger charge is 2.14. The van der Waals surface area contributed by atoms with Crippen molar-refractivity contribution < 1.29 is 14.3 Å². The molecule has 0 aliphatic rings. The smallest absolute Gasteiger partial charge is 0.305 e. The molecule has 2 heterocycles. The Hall–Kier alpha value is -2.61. The Morgan fingerprint density at radius 3 is 2.92 bits per heavy atom. The predicted octanol–water partition coefficient (Wildman–Crippen LogP) is 2.54. The van der Waals surface area contributed by atoms with Crippen molar-refractivity contribution >= 4 is 23.3 Å². The van der Waals surface area contributed by atoms with E-state index < -0.39 is 5.56 Å². The number of nitrogens with one attached hydrogen (secondary N) is 2. The molecule has 26 heavy (non-hydrogen) atoms. The van der Waals surface area contributed by atoms with Gasteiger partial charge >= 0.3 is 5.97 Å². The van der Waals surface area contributed by atoms with E-state index in [0.717, 1.165) is 24.8 Å². The number of methoxy groups -OCH3 is 1. The monoisotopic (exact) mass is 380 g/mol. The van der Waals surface area contributed by atoms with Gasteiger partial charge in [-0.15, -0.1) is 5.10 Å². The first-order valence-corrected chi connectivity index (χ1v) is 8.60. The minimum atomic E-state index is -0.495. The number of pyridine rings is 1. The predicted molar refractivity (Wildman–Crippen MR) is 97.4 cm³/mol. The summed E-state index contributed by atoms with van der Waals surface area (Å²) < 4.78 is 10.2.